The lowest BCUT2D eigenvalue weighted by atomic mass is 9.99. The molecule has 3 N–H and O–H groups in total. The Bertz CT molecular complexity index is 1300. The van der Waals surface area contributed by atoms with Crippen LogP contribution >= 0.6 is 0 Å². The van der Waals surface area contributed by atoms with Gasteiger partial charge in [0.25, 0.3) is 5.91 Å². The molecule has 8 nitrogen and oxygen atoms in total. The summed E-state index contributed by atoms with van der Waals surface area (Å²) >= 11 is 0. The van der Waals surface area contributed by atoms with Gasteiger partial charge in [0.15, 0.2) is 0 Å². The molecule has 0 saturated heterocycles. The van der Waals surface area contributed by atoms with Gasteiger partial charge in [0.2, 0.25) is 14.7 Å². The summed E-state index contributed by atoms with van der Waals surface area (Å²) in [6.45, 7) is 5.32. The highest BCUT2D eigenvalue weighted by molar-refractivity contribution is 7.93. The van der Waals surface area contributed by atoms with E-state index in [1.165, 1.54) is 29.2 Å². The minimum atomic E-state index is -4.44. The number of sulfone groups is 1. The van der Waals surface area contributed by atoms with Crippen LogP contribution in [0, 0.1) is 0 Å². The number of anilines is 1. The van der Waals surface area contributed by atoms with Gasteiger partial charge in [-0.1, -0.05) is 30.3 Å². The summed E-state index contributed by atoms with van der Waals surface area (Å²) < 4.78 is 28.3. The molecule has 2 aromatic carbocycles. The molecule has 3 aromatic rings. The van der Waals surface area contributed by atoms with E-state index in [0.29, 0.717) is 16.9 Å². The molecule has 9 heteroatoms. The monoisotopic (exact) mass is 510 g/mol. The largest absolute Gasteiger partial charge is 0.386 e. The number of nitrogens with two attached hydrogens (primary N) is 1. The third-order valence-electron chi connectivity index (χ3n) is 6.15. The van der Waals surface area contributed by atoms with Crippen molar-refractivity contribution < 1.29 is 18.3 Å². The number of likely N-dealkylation sites (N-methyl/N-ethyl adjacent to an activating group) is 1. The van der Waals surface area contributed by atoms with Crippen LogP contribution in [0.5, 0.6) is 0 Å². The van der Waals surface area contributed by atoms with Gasteiger partial charge in [-0.3, -0.25) is 9.78 Å². The van der Waals surface area contributed by atoms with Gasteiger partial charge in [0.05, 0.1) is 22.7 Å². The first kappa shape index (κ1) is 27.3. The highest BCUT2D eigenvalue weighted by Gasteiger charge is 2.51. The van der Waals surface area contributed by atoms with Crippen LogP contribution in [0.1, 0.15) is 37.6 Å². The van der Waals surface area contributed by atoms with Crippen LogP contribution < -0.4 is 10.6 Å². The number of pyridine rings is 1. The fourth-order valence-electron chi connectivity index (χ4n) is 3.89. The minimum absolute atomic E-state index is 0.107. The van der Waals surface area contributed by atoms with E-state index < -0.39 is 26.2 Å². The second kappa shape index (κ2) is 10.4. The summed E-state index contributed by atoms with van der Waals surface area (Å²) in [5, 5.41) is 10.3. The topological polar surface area (TPSA) is 117 Å². The molecule has 0 aliphatic rings. The number of hydrogen-bond acceptors (Lipinski definition) is 7. The van der Waals surface area contributed by atoms with Crippen molar-refractivity contribution >= 4 is 21.4 Å². The van der Waals surface area contributed by atoms with E-state index in [9.17, 15) is 18.3 Å². The van der Waals surface area contributed by atoms with E-state index in [2.05, 4.69) is 4.98 Å². The molecule has 0 saturated carbocycles. The molecule has 0 aliphatic heterocycles. The number of carbonyl (C=O) groups is 1. The Morgan fingerprint density at radius 3 is 2.19 bits per heavy atom. The SMILES string of the molecule is CCN(Cc1ccccn1)C(=O)C(N)(c1cccc(N(C)C)c1)S(=O)(=O)c1ccc(C(C)(C)O)cc1. The van der Waals surface area contributed by atoms with Crippen molar-refractivity contribution in [3.63, 3.8) is 0 Å². The molecule has 0 spiro atoms. The fourth-order valence-corrected chi connectivity index (χ4v) is 5.55. The molecule has 1 atom stereocenters. The Morgan fingerprint density at radius 2 is 1.67 bits per heavy atom. The predicted molar refractivity (Wildman–Crippen MR) is 141 cm³/mol. The van der Waals surface area contributed by atoms with E-state index in [4.69, 9.17) is 5.73 Å². The molecule has 36 heavy (non-hydrogen) atoms. The number of amides is 1. The molecule has 1 unspecified atom stereocenters. The lowest BCUT2D eigenvalue weighted by Gasteiger charge is -2.34. The molecule has 0 aliphatic carbocycles. The van der Waals surface area contributed by atoms with Crippen LogP contribution in [-0.2, 0) is 31.6 Å². The lowest BCUT2D eigenvalue weighted by Crippen LogP contribution is -2.57. The number of hydrogen-bond donors (Lipinski definition) is 2. The van der Waals surface area contributed by atoms with Gasteiger partial charge < -0.3 is 20.6 Å². The second-order valence-corrected chi connectivity index (χ2v) is 11.5. The number of aliphatic hydroxyl groups is 1. The molecule has 0 bridgehead atoms. The van der Waals surface area contributed by atoms with E-state index in [1.54, 1.807) is 63.4 Å². The first-order valence-corrected chi connectivity index (χ1v) is 13.1. The van der Waals surface area contributed by atoms with E-state index in [1.807, 2.05) is 25.1 Å². The Labute approximate surface area is 213 Å². The molecule has 0 radical (unpaired) electrons. The van der Waals surface area contributed by atoms with Gasteiger partial charge in [0.1, 0.15) is 0 Å². The van der Waals surface area contributed by atoms with Crippen LogP contribution in [0.4, 0.5) is 5.69 Å². The van der Waals surface area contributed by atoms with Gasteiger partial charge >= 0.3 is 0 Å². The lowest BCUT2D eigenvalue weighted by molar-refractivity contribution is -0.134. The molecular weight excluding hydrogens is 476 g/mol. The van der Waals surface area contributed by atoms with Crippen molar-refractivity contribution in [1.29, 1.82) is 0 Å². The minimum Gasteiger partial charge on any atom is -0.386 e. The molecule has 1 amide bonds. The molecular formula is C27H34N4O4S. The molecule has 1 aromatic heterocycles. The smallest absolute Gasteiger partial charge is 0.263 e. The van der Waals surface area contributed by atoms with Crippen molar-refractivity contribution in [1.82, 2.24) is 9.88 Å². The number of nitrogens with zero attached hydrogens (tertiary/aromatic N) is 3. The quantitative estimate of drug-likeness (QED) is 0.454. The molecule has 0 fully saturated rings. The Balaban J connectivity index is 2.19. The van der Waals surface area contributed by atoms with Crippen molar-refractivity contribution in [2.75, 3.05) is 25.5 Å². The first-order chi connectivity index (χ1) is 16.8. The molecule has 3 rings (SSSR count). The van der Waals surface area contributed by atoms with E-state index in [-0.39, 0.29) is 23.5 Å². The van der Waals surface area contributed by atoms with Crippen molar-refractivity contribution in [2.45, 2.75) is 42.7 Å². The first-order valence-electron chi connectivity index (χ1n) is 11.7. The normalized spacial score (nSPS) is 13.6. The van der Waals surface area contributed by atoms with Crippen LogP contribution in [0.3, 0.4) is 0 Å². The van der Waals surface area contributed by atoms with Gasteiger partial charge in [-0.25, -0.2) is 8.42 Å². The third-order valence-corrected chi connectivity index (χ3v) is 8.30. The zero-order valence-electron chi connectivity index (χ0n) is 21.3. The summed E-state index contributed by atoms with van der Waals surface area (Å²) in [7, 11) is -0.795. The average Bonchev–Trinajstić information content (AvgIpc) is 2.86. The number of rotatable bonds is 9. The van der Waals surface area contributed by atoms with Gasteiger partial charge in [-0.05, 0) is 68.3 Å². The zero-order valence-corrected chi connectivity index (χ0v) is 22.2. The number of benzene rings is 2. The number of carbonyl (C=O) groups excluding carboxylic acids is 1. The Hall–Kier alpha value is -3.27. The molecule has 1 heterocycles. The standard InChI is InChI=1S/C27H34N4O4S/c1-6-31(19-22-11-7-8-17-29-22)25(32)27(28,21-10-9-12-23(18-21)30(4)5)36(34,35)24-15-13-20(14-16-24)26(2,3)33/h7-18,33H,6,19,28H2,1-5H3. The Morgan fingerprint density at radius 1 is 1.00 bits per heavy atom. The third kappa shape index (κ3) is 5.28. The van der Waals surface area contributed by atoms with Gasteiger partial charge in [-0.2, -0.15) is 0 Å². The van der Waals surface area contributed by atoms with Crippen LogP contribution in [0.15, 0.2) is 77.8 Å². The fraction of sp³-hybridized carbons (Fsp3) is 0.333. The van der Waals surface area contributed by atoms with Crippen LogP contribution in [0.25, 0.3) is 0 Å². The highest BCUT2D eigenvalue weighted by Crippen LogP contribution is 2.35. The summed E-state index contributed by atoms with van der Waals surface area (Å²) in [5.41, 5.74) is 7.59. The second-order valence-electron chi connectivity index (χ2n) is 9.41. The summed E-state index contributed by atoms with van der Waals surface area (Å²) in [6, 6.07) is 17.8. The highest BCUT2D eigenvalue weighted by atomic mass is 32.2. The Kier molecular flexibility index (Phi) is 7.88. The van der Waals surface area contributed by atoms with Crippen molar-refractivity contribution in [3.8, 4) is 0 Å². The van der Waals surface area contributed by atoms with Gasteiger partial charge in [0, 0.05) is 32.5 Å². The zero-order chi connectivity index (χ0) is 26.7. The maximum atomic E-state index is 14.1. The predicted octanol–water partition coefficient (Wildman–Crippen LogP) is 3.01. The van der Waals surface area contributed by atoms with Crippen LogP contribution in [-0.4, -0.2) is 50.0 Å². The molecule has 192 valence electrons. The van der Waals surface area contributed by atoms with E-state index in [0.717, 1.165) is 0 Å². The average molecular weight is 511 g/mol. The summed E-state index contributed by atoms with van der Waals surface area (Å²) in [4.78, 5) is 19.0. The maximum absolute atomic E-state index is 14.1. The van der Waals surface area contributed by atoms with Crippen LogP contribution in [0.2, 0.25) is 0 Å². The number of aromatic nitrogens is 1. The van der Waals surface area contributed by atoms with Gasteiger partial charge in [-0.15, -0.1) is 0 Å². The maximum Gasteiger partial charge on any atom is 0.263 e. The summed E-state index contributed by atoms with van der Waals surface area (Å²) in [6.07, 6.45) is 1.62. The summed E-state index contributed by atoms with van der Waals surface area (Å²) in [5.74, 6) is -0.752. The van der Waals surface area contributed by atoms with E-state index >= 15 is 0 Å². The van der Waals surface area contributed by atoms with Crippen molar-refractivity contribution in [2.24, 2.45) is 5.73 Å². The van der Waals surface area contributed by atoms with Crippen molar-refractivity contribution in [3.05, 3.63) is 89.7 Å².